The van der Waals surface area contributed by atoms with Gasteiger partial charge in [0.2, 0.25) is 0 Å². The number of nitrogens with one attached hydrogen (secondary N) is 1. The first-order chi connectivity index (χ1) is 12.6. The van der Waals surface area contributed by atoms with Crippen LogP contribution in [0.4, 0.5) is 0 Å². The molecule has 2 aromatic rings. The number of aryl methyl sites for hydroxylation is 1. The van der Waals surface area contributed by atoms with Gasteiger partial charge in [0.05, 0.1) is 18.8 Å². The first-order valence-electron chi connectivity index (χ1n) is 9.44. The van der Waals surface area contributed by atoms with E-state index in [2.05, 4.69) is 5.32 Å². The lowest BCUT2D eigenvalue weighted by atomic mass is 9.83. The van der Waals surface area contributed by atoms with Crippen LogP contribution in [0.1, 0.15) is 36.1 Å². The van der Waals surface area contributed by atoms with E-state index in [0.29, 0.717) is 35.3 Å². The van der Waals surface area contributed by atoms with Crippen LogP contribution in [0.3, 0.4) is 0 Å². The third-order valence-corrected chi connectivity index (χ3v) is 5.59. The largest absolute Gasteiger partial charge is 0.493 e. The van der Waals surface area contributed by atoms with Gasteiger partial charge in [-0.3, -0.25) is 4.79 Å². The van der Waals surface area contributed by atoms with E-state index >= 15 is 0 Å². The molecule has 4 rings (SSSR count). The van der Waals surface area contributed by atoms with Crippen LogP contribution < -0.4 is 15.6 Å². The van der Waals surface area contributed by atoms with Gasteiger partial charge in [0, 0.05) is 30.3 Å². The number of pyridine rings is 1. The molecule has 5 nitrogen and oxygen atoms in total. The van der Waals surface area contributed by atoms with Crippen LogP contribution in [0.5, 0.6) is 5.75 Å². The summed E-state index contributed by atoms with van der Waals surface area (Å²) in [7, 11) is 0. The molecule has 1 fully saturated rings. The fourth-order valence-electron chi connectivity index (χ4n) is 4.43. The zero-order valence-corrected chi connectivity index (χ0v) is 15.4. The molecule has 0 spiro atoms. The third kappa shape index (κ3) is 2.85. The van der Waals surface area contributed by atoms with E-state index in [0.717, 1.165) is 42.9 Å². The Hall–Kier alpha value is -2.11. The number of hydrogen-bond donors (Lipinski definition) is 2. The van der Waals surface area contributed by atoms with Gasteiger partial charge in [0.15, 0.2) is 0 Å². The number of rotatable bonds is 4. The lowest BCUT2D eigenvalue weighted by Gasteiger charge is -2.38. The molecule has 2 aliphatic heterocycles. The van der Waals surface area contributed by atoms with Gasteiger partial charge < -0.3 is 19.7 Å². The Labute approximate surface area is 153 Å². The highest BCUT2D eigenvalue weighted by atomic mass is 16.5. The Morgan fingerprint density at radius 3 is 2.92 bits per heavy atom. The van der Waals surface area contributed by atoms with E-state index in [1.807, 2.05) is 42.7 Å². The Morgan fingerprint density at radius 2 is 2.15 bits per heavy atom. The predicted molar refractivity (Wildman–Crippen MR) is 102 cm³/mol. The highest BCUT2D eigenvalue weighted by Gasteiger charge is 2.32. The van der Waals surface area contributed by atoms with Crippen molar-refractivity contribution in [3.63, 3.8) is 0 Å². The topological polar surface area (TPSA) is 63.5 Å². The van der Waals surface area contributed by atoms with E-state index in [1.54, 1.807) is 0 Å². The van der Waals surface area contributed by atoms with E-state index in [9.17, 15) is 9.90 Å². The summed E-state index contributed by atoms with van der Waals surface area (Å²) in [4.78, 5) is 13.5. The molecule has 2 atom stereocenters. The summed E-state index contributed by atoms with van der Waals surface area (Å²) in [5, 5.41) is 13.5. The summed E-state index contributed by atoms with van der Waals surface area (Å²) < 4.78 is 7.72. The summed E-state index contributed by atoms with van der Waals surface area (Å²) in [6.45, 7) is 6.93. The van der Waals surface area contributed by atoms with Gasteiger partial charge in [0.1, 0.15) is 5.75 Å². The zero-order chi connectivity index (χ0) is 18.3. The normalized spacial score (nSPS) is 21.3. The summed E-state index contributed by atoms with van der Waals surface area (Å²) in [5.74, 6) is 1.54. The second kappa shape index (κ2) is 6.89. The number of hydrogen-bond acceptors (Lipinski definition) is 4. The quantitative estimate of drug-likeness (QED) is 0.885. The fraction of sp³-hybridized carbons (Fsp3) is 0.476. The summed E-state index contributed by atoms with van der Waals surface area (Å²) in [5.41, 5.74) is 4.17. The van der Waals surface area contributed by atoms with E-state index in [-0.39, 0.29) is 12.2 Å². The van der Waals surface area contributed by atoms with Crippen molar-refractivity contribution in [2.45, 2.75) is 39.3 Å². The van der Waals surface area contributed by atoms with Crippen LogP contribution in [0.15, 0.2) is 29.1 Å². The first kappa shape index (κ1) is 17.3. The lowest BCUT2D eigenvalue weighted by molar-refractivity contribution is 0.253. The van der Waals surface area contributed by atoms with Crippen molar-refractivity contribution in [2.24, 2.45) is 5.92 Å². The van der Waals surface area contributed by atoms with Gasteiger partial charge in [-0.05, 0) is 56.5 Å². The van der Waals surface area contributed by atoms with Crippen molar-refractivity contribution in [2.75, 3.05) is 19.7 Å². The van der Waals surface area contributed by atoms with Crippen LogP contribution in [-0.2, 0) is 13.2 Å². The molecule has 1 saturated heterocycles. The maximum Gasteiger partial charge on any atom is 0.259 e. The minimum Gasteiger partial charge on any atom is -0.493 e. The van der Waals surface area contributed by atoms with Crippen molar-refractivity contribution in [3.8, 4) is 16.9 Å². The lowest BCUT2D eigenvalue weighted by Crippen LogP contribution is -2.45. The minimum atomic E-state index is -0.151. The molecule has 0 saturated carbocycles. The molecule has 2 unspecified atom stereocenters. The van der Waals surface area contributed by atoms with Crippen molar-refractivity contribution in [3.05, 3.63) is 51.4 Å². The van der Waals surface area contributed by atoms with Crippen LogP contribution in [0.2, 0.25) is 0 Å². The molecule has 2 N–H and O–H groups in total. The monoisotopic (exact) mass is 354 g/mol. The molecule has 0 amide bonds. The summed E-state index contributed by atoms with van der Waals surface area (Å²) in [6, 6.07) is 7.92. The smallest absolute Gasteiger partial charge is 0.259 e. The maximum atomic E-state index is 13.5. The molecule has 1 aromatic carbocycles. The van der Waals surface area contributed by atoms with Gasteiger partial charge >= 0.3 is 0 Å². The average Bonchev–Trinajstić information content (AvgIpc) is 2.64. The highest BCUT2D eigenvalue weighted by Crippen LogP contribution is 2.36. The number of nitrogens with zero attached hydrogens (tertiary/aromatic N) is 1. The second-order valence-electron chi connectivity index (χ2n) is 7.43. The molecule has 2 aliphatic rings. The van der Waals surface area contributed by atoms with Crippen LogP contribution in [-0.4, -0.2) is 29.4 Å². The van der Waals surface area contributed by atoms with Gasteiger partial charge in [-0.2, -0.15) is 0 Å². The van der Waals surface area contributed by atoms with Gasteiger partial charge in [-0.1, -0.05) is 11.6 Å². The number of ether oxygens (including phenoxy) is 1. The number of fused-ring (bicyclic) bond motifs is 4. The molecule has 5 heteroatoms. The van der Waals surface area contributed by atoms with Crippen molar-refractivity contribution in [1.29, 1.82) is 0 Å². The molecule has 26 heavy (non-hydrogen) atoms. The number of aliphatic hydroxyl groups is 1. The Balaban J connectivity index is 1.95. The van der Waals surface area contributed by atoms with Gasteiger partial charge in [-0.15, -0.1) is 0 Å². The van der Waals surface area contributed by atoms with Crippen molar-refractivity contribution < 1.29 is 9.84 Å². The molecular formula is C21H26N2O3. The SMILES string of the molecule is CCOc1ccc(C)cc1-c1c(CO)cc2n(c1=O)CC1CNCC2C1. The zero-order valence-electron chi connectivity index (χ0n) is 15.4. The summed E-state index contributed by atoms with van der Waals surface area (Å²) >= 11 is 0. The average molecular weight is 354 g/mol. The molecule has 138 valence electrons. The molecule has 0 radical (unpaired) electrons. The van der Waals surface area contributed by atoms with Crippen LogP contribution in [0.25, 0.3) is 11.1 Å². The number of benzene rings is 1. The molecule has 1 aromatic heterocycles. The Morgan fingerprint density at radius 1 is 1.31 bits per heavy atom. The van der Waals surface area contributed by atoms with Gasteiger partial charge in [0.25, 0.3) is 5.56 Å². The molecule has 0 aliphatic carbocycles. The molecule has 3 heterocycles. The van der Waals surface area contributed by atoms with Crippen molar-refractivity contribution >= 4 is 0 Å². The van der Waals surface area contributed by atoms with Crippen molar-refractivity contribution in [1.82, 2.24) is 9.88 Å². The Bertz CT molecular complexity index is 888. The fourth-order valence-corrected chi connectivity index (χ4v) is 4.43. The summed E-state index contributed by atoms with van der Waals surface area (Å²) in [6.07, 6.45) is 1.12. The Kier molecular flexibility index (Phi) is 4.59. The third-order valence-electron chi connectivity index (χ3n) is 5.59. The van der Waals surface area contributed by atoms with E-state index in [4.69, 9.17) is 4.74 Å². The second-order valence-corrected chi connectivity index (χ2v) is 7.43. The predicted octanol–water partition coefficient (Wildman–Crippen LogP) is 2.42. The highest BCUT2D eigenvalue weighted by molar-refractivity contribution is 5.73. The van der Waals surface area contributed by atoms with E-state index < -0.39 is 0 Å². The van der Waals surface area contributed by atoms with Crippen LogP contribution in [0, 0.1) is 12.8 Å². The number of aromatic nitrogens is 1. The first-order valence-corrected chi connectivity index (χ1v) is 9.44. The van der Waals surface area contributed by atoms with E-state index in [1.165, 1.54) is 0 Å². The van der Waals surface area contributed by atoms with Gasteiger partial charge in [-0.25, -0.2) is 0 Å². The standard InChI is InChI=1S/C21H26N2O3/c1-3-26-19-5-4-13(2)6-17(19)20-16(12-24)8-18-15-7-14(9-22-10-15)11-23(18)21(20)25/h4-6,8,14-15,22,24H,3,7,9-12H2,1-2H3. The minimum absolute atomic E-state index is 0.00490. The molecule has 2 bridgehead atoms. The molecular weight excluding hydrogens is 328 g/mol. The number of piperidine rings is 1. The maximum absolute atomic E-state index is 13.5. The number of aliphatic hydroxyl groups excluding tert-OH is 1. The van der Waals surface area contributed by atoms with Crippen LogP contribution >= 0.6 is 0 Å².